The summed E-state index contributed by atoms with van der Waals surface area (Å²) >= 11 is 5.82. The van der Waals surface area contributed by atoms with Crippen molar-refractivity contribution in [3.05, 3.63) is 101 Å². The highest BCUT2D eigenvalue weighted by atomic mass is 35.5. The van der Waals surface area contributed by atoms with E-state index in [4.69, 9.17) is 16.4 Å². The lowest BCUT2D eigenvalue weighted by Gasteiger charge is -2.14. The minimum absolute atomic E-state index is 0.230. The standard InChI is InChI=1S/C21H17ClN2O3/c22-17-11-13-18(14-12-17)23-21(26)27-24-19(15-7-3-1-4-8-15)20(25)16-9-5-2-6-10-16/h1-14,20,25H,(H,23,26)/b24-19+. The number of nitrogens with zero attached hydrogens (tertiary/aromatic N) is 1. The number of nitrogens with one attached hydrogen (secondary N) is 1. The molecule has 0 radical (unpaired) electrons. The van der Waals surface area contributed by atoms with Gasteiger partial charge in [-0.3, -0.25) is 10.2 Å². The summed E-state index contributed by atoms with van der Waals surface area (Å²) in [5, 5.41) is 17.7. The van der Waals surface area contributed by atoms with Gasteiger partial charge < -0.3 is 5.11 Å². The highest BCUT2D eigenvalue weighted by Crippen LogP contribution is 2.20. The van der Waals surface area contributed by atoms with Crippen LogP contribution < -0.4 is 5.32 Å². The van der Waals surface area contributed by atoms with Gasteiger partial charge in [-0.2, -0.15) is 0 Å². The van der Waals surface area contributed by atoms with Gasteiger partial charge in [0.15, 0.2) is 0 Å². The highest BCUT2D eigenvalue weighted by Gasteiger charge is 2.18. The molecule has 0 saturated heterocycles. The van der Waals surface area contributed by atoms with E-state index >= 15 is 0 Å². The lowest BCUT2D eigenvalue weighted by Crippen LogP contribution is -2.17. The van der Waals surface area contributed by atoms with Gasteiger partial charge >= 0.3 is 6.09 Å². The smallest absolute Gasteiger partial charge is 0.382 e. The van der Waals surface area contributed by atoms with Crippen molar-refractivity contribution in [3.8, 4) is 0 Å². The Morgan fingerprint density at radius 1 is 0.926 bits per heavy atom. The predicted molar refractivity (Wildman–Crippen MR) is 106 cm³/mol. The third-order valence-corrected chi connectivity index (χ3v) is 4.01. The van der Waals surface area contributed by atoms with Crippen LogP contribution in [0.1, 0.15) is 17.2 Å². The van der Waals surface area contributed by atoms with Crippen LogP contribution in [0.2, 0.25) is 5.02 Å². The van der Waals surface area contributed by atoms with E-state index in [-0.39, 0.29) is 5.71 Å². The van der Waals surface area contributed by atoms with Crippen molar-refractivity contribution in [1.29, 1.82) is 0 Å². The molecule has 6 heteroatoms. The van der Waals surface area contributed by atoms with Crippen molar-refractivity contribution in [1.82, 2.24) is 0 Å². The van der Waals surface area contributed by atoms with Crippen molar-refractivity contribution in [2.45, 2.75) is 6.10 Å². The molecule has 0 bridgehead atoms. The molecular weight excluding hydrogens is 364 g/mol. The molecule has 136 valence electrons. The van der Waals surface area contributed by atoms with Gasteiger partial charge in [-0.05, 0) is 29.8 Å². The molecule has 5 nitrogen and oxygen atoms in total. The van der Waals surface area contributed by atoms with Gasteiger partial charge in [0.05, 0.1) is 0 Å². The molecule has 1 amide bonds. The van der Waals surface area contributed by atoms with Gasteiger partial charge in [0.25, 0.3) is 0 Å². The van der Waals surface area contributed by atoms with E-state index in [1.54, 1.807) is 48.5 Å². The van der Waals surface area contributed by atoms with E-state index < -0.39 is 12.2 Å². The Bertz CT molecular complexity index is 913. The van der Waals surface area contributed by atoms with Crippen LogP contribution in [-0.4, -0.2) is 16.9 Å². The largest absolute Gasteiger partial charge is 0.437 e. The van der Waals surface area contributed by atoms with Gasteiger partial charge in [0.2, 0.25) is 0 Å². The summed E-state index contributed by atoms with van der Waals surface area (Å²) in [4.78, 5) is 17.0. The van der Waals surface area contributed by atoms with E-state index in [1.807, 2.05) is 36.4 Å². The molecular formula is C21H17ClN2O3. The van der Waals surface area contributed by atoms with E-state index in [0.29, 0.717) is 21.8 Å². The highest BCUT2D eigenvalue weighted by molar-refractivity contribution is 6.30. The second kappa shape index (κ2) is 8.98. The zero-order chi connectivity index (χ0) is 19.1. The number of carbonyl (C=O) groups is 1. The lowest BCUT2D eigenvalue weighted by molar-refractivity contribution is 0.163. The topological polar surface area (TPSA) is 70.9 Å². The Morgan fingerprint density at radius 2 is 1.52 bits per heavy atom. The molecule has 1 unspecified atom stereocenters. The third kappa shape index (κ3) is 5.17. The number of amides is 1. The van der Waals surface area contributed by atoms with Crippen LogP contribution in [0.4, 0.5) is 10.5 Å². The molecule has 2 N–H and O–H groups in total. The number of halogens is 1. The average molecular weight is 381 g/mol. The summed E-state index contributed by atoms with van der Waals surface area (Å²) in [5.74, 6) is 0. The van der Waals surface area contributed by atoms with E-state index in [9.17, 15) is 9.90 Å². The molecule has 0 aromatic heterocycles. The van der Waals surface area contributed by atoms with Crippen molar-refractivity contribution in [2.75, 3.05) is 5.32 Å². The predicted octanol–water partition coefficient (Wildman–Crippen LogP) is 5.03. The SMILES string of the molecule is O=C(Nc1ccc(Cl)cc1)O/N=C(\c1ccccc1)C(O)c1ccccc1. The van der Waals surface area contributed by atoms with Crippen LogP contribution >= 0.6 is 11.6 Å². The summed E-state index contributed by atoms with van der Waals surface area (Å²) < 4.78 is 0. The van der Waals surface area contributed by atoms with Crippen molar-refractivity contribution >= 4 is 29.1 Å². The quantitative estimate of drug-likeness (QED) is 0.370. The molecule has 0 fully saturated rings. The molecule has 3 aromatic carbocycles. The van der Waals surface area contributed by atoms with Gasteiger partial charge in [-0.25, -0.2) is 4.79 Å². The van der Waals surface area contributed by atoms with Crippen LogP contribution in [0.5, 0.6) is 0 Å². The molecule has 27 heavy (non-hydrogen) atoms. The molecule has 0 saturated carbocycles. The zero-order valence-corrected chi connectivity index (χ0v) is 15.0. The van der Waals surface area contributed by atoms with E-state index in [1.165, 1.54) is 0 Å². The summed E-state index contributed by atoms with van der Waals surface area (Å²) in [5.41, 5.74) is 2.03. The fraction of sp³-hybridized carbons (Fsp3) is 0.0476. The summed E-state index contributed by atoms with van der Waals surface area (Å²) in [6, 6.07) is 24.7. The number of aliphatic hydroxyl groups is 1. The number of hydrogen-bond donors (Lipinski definition) is 2. The minimum Gasteiger partial charge on any atom is -0.382 e. The molecule has 3 rings (SSSR count). The van der Waals surface area contributed by atoms with Crippen molar-refractivity contribution in [3.63, 3.8) is 0 Å². The Hall–Kier alpha value is -3.15. The number of carbonyl (C=O) groups excluding carboxylic acids is 1. The van der Waals surface area contributed by atoms with Crippen molar-refractivity contribution in [2.24, 2.45) is 5.16 Å². The Balaban J connectivity index is 1.80. The second-order valence-electron chi connectivity index (χ2n) is 5.67. The summed E-state index contributed by atoms with van der Waals surface area (Å²) in [6.45, 7) is 0. The van der Waals surface area contributed by atoms with Crippen LogP contribution in [0.15, 0.2) is 90.1 Å². The molecule has 0 aliphatic heterocycles. The molecule has 0 aliphatic rings. The van der Waals surface area contributed by atoms with Crippen LogP contribution in [-0.2, 0) is 4.84 Å². The first-order chi connectivity index (χ1) is 13.1. The summed E-state index contributed by atoms with van der Waals surface area (Å²) in [6.07, 6.45) is -1.82. The number of benzene rings is 3. The van der Waals surface area contributed by atoms with Crippen LogP contribution in [0.25, 0.3) is 0 Å². The number of oxime groups is 1. The maximum atomic E-state index is 12.0. The average Bonchev–Trinajstić information content (AvgIpc) is 2.71. The van der Waals surface area contributed by atoms with Crippen LogP contribution in [0, 0.1) is 0 Å². The first-order valence-electron chi connectivity index (χ1n) is 8.23. The molecule has 0 spiro atoms. The number of rotatable bonds is 5. The van der Waals surface area contributed by atoms with Gasteiger partial charge in [-0.1, -0.05) is 77.4 Å². The van der Waals surface area contributed by atoms with Gasteiger partial charge in [0, 0.05) is 16.3 Å². The fourth-order valence-electron chi connectivity index (χ4n) is 2.43. The third-order valence-electron chi connectivity index (χ3n) is 3.76. The minimum atomic E-state index is -1.04. The molecule has 1 atom stereocenters. The van der Waals surface area contributed by atoms with Crippen molar-refractivity contribution < 1.29 is 14.7 Å². The van der Waals surface area contributed by atoms with E-state index in [2.05, 4.69) is 10.5 Å². The second-order valence-corrected chi connectivity index (χ2v) is 6.10. The summed E-state index contributed by atoms with van der Waals surface area (Å²) in [7, 11) is 0. The molecule has 0 aliphatic carbocycles. The van der Waals surface area contributed by atoms with Gasteiger partial charge in [0.1, 0.15) is 11.8 Å². The Kier molecular flexibility index (Phi) is 6.20. The zero-order valence-electron chi connectivity index (χ0n) is 14.2. The first-order valence-corrected chi connectivity index (χ1v) is 8.61. The van der Waals surface area contributed by atoms with Gasteiger partial charge in [-0.15, -0.1) is 0 Å². The maximum Gasteiger partial charge on any atom is 0.437 e. The first kappa shape index (κ1) is 18.6. The Morgan fingerprint density at radius 3 is 2.15 bits per heavy atom. The monoisotopic (exact) mass is 380 g/mol. The number of aliphatic hydroxyl groups excluding tert-OH is 1. The molecule has 3 aromatic rings. The number of anilines is 1. The molecule has 0 heterocycles. The maximum absolute atomic E-state index is 12.0. The lowest BCUT2D eigenvalue weighted by atomic mass is 9.99. The van der Waals surface area contributed by atoms with Crippen LogP contribution in [0.3, 0.4) is 0 Å². The van der Waals surface area contributed by atoms with E-state index in [0.717, 1.165) is 0 Å². The number of hydrogen-bond acceptors (Lipinski definition) is 4. The fourth-order valence-corrected chi connectivity index (χ4v) is 2.55. The normalized spacial score (nSPS) is 12.3. The Labute approximate surface area is 161 Å².